The van der Waals surface area contributed by atoms with E-state index in [0.717, 1.165) is 0 Å². The molecule has 1 aliphatic heterocycles. The lowest BCUT2D eigenvalue weighted by molar-refractivity contribution is -0.123. The van der Waals surface area contributed by atoms with E-state index in [1.54, 1.807) is 24.3 Å². The van der Waals surface area contributed by atoms with Crippen molar-refractivity contribution in [3.63, 3.8) is 0 Å². The van der Waals surface area contributed by atoms with Crippen LogP contribution >= 0.6 is 23.4 Å². The minimum atomic E-state index is -0.226. The first-order valence-corrected chi connectivity index (χ1v) is 7.68. The highest BCUT2D eigenvalue weighted by molar-refractivity contribution is 8.00. The molecule has 2 amide bonds. The number of rotatable bonds is 4. The van der Waals surface area contributed by atoms with Crippen LogP contribution in [0.2, 0.25) is 5.02 Å². The Kier molecular flexibility index (Phi) is 5.28. The van der Waals surface area contributed by atoms with Crippen LogP contribution in [0, 0.1) is 0 Å². The van der Waals surface area contributed by atoms with Crippen molar-refractivity contribution >= 4 is 40.9 Å². The largest absolute Gasteiger partial charge is 0.332 e. The van der Waals surface area contributed by atoms with Crippen molar-refractivity contribution in [2.75, 3.05) is 11.1 Å². The van der Waals surface area contributed by atoms with Crippen LogP contribution in [-0.2, 0) is 9.59 Å². The predicted molar refractivity (Wildman–Crippen MR) is 81.7 cm³/mol. The molecular weight excluding hydrogens is 298 g/mol. The predicted octanol–water partition coefficient (Wildman–Crippen LogP) is 1.79. The van der Waals surface area contributed by atoms with Gasteiger partial charge in [0, 0.05) is 23.2 Å². The zero-order valence-electron chi connectivity index (χ0n) is 11.0. The van der Waals surface area contributed by atoms with E-state index < -0.39 is 0 Å². The maximum atomic E-state index is 11.8. The summed E-state index contributed by atoms with van der Waals surface area (Å²) in [6, 6.07) is 7.10. The molecule has 0 spiro atoms. The molecule has 3 N–H and O–H groups in total. The second-order valence-electron chi connectivity index (χ2n) is 4.59. The molecular formula is C13H16ClN3O2S. The number of amides is 2. The molecule has 7 heteroatoms. The molecule has 1 heterocycles. The summed E-state index contributed by atoms with van der Waals surface area (Å²) in [5, 5.41) is 9.33. The highest BCUT2D eigenvalue weighted by Gasteiger charge is 2.23. The van der Waals surface area contributed by atoms with E-state index in [1.807, 2.05) is 6.92 Å². The second-order valence-corrected chi connectivity index (χ2v) is 6.12. The van der Waals surface area contributed by atoms with E-state index in [0.29, 0.717) is 17.1 Å². The third kappa shape index (κ3) is 4.70. The fourth-order valence-corrected chi connectivity index (χ4v) is 2.98. The molecule has 1 aliphatic rings. The van der Waals surface area contributed by atoms with E-state index in [-0.39, 0.29) is 29.1 Å². The molecule has 1 aromatic carbocycles. The molecule has 0 aliphatic carbocycles. The molecule has 0 aromatic heterocycles. The van der Waals surface area contributed by atoms with E-state index in [4.69, 9.17) is 11.6 Å². The van der Waals surface area contributed by atoms with Gasteiger partial charge in [-0.05, 0) is 25.1 Å². The molecule has 2 unspecified atom stereocenters. The van der Waals surface area contributed by atoms with Gasteiger partial charge in [0.15, 0.2) is 0 Å². The van der Waals surface area contributed by atoms with Gasteiger partial charge in [-0.25, -0.2) is 0 Å². The number of halogens is 1. The second kappa shape index (κ2) is 6.97. The number of benzene rings is 1. The molecule has 2 atom stereocenters. The summed E-state index contributed by atoms with van der Waals surface area (Å²) < 4.78 is 0. The van der Waals surface area contributed by atoms with Crippen molar-refractivity contribution in [2.24, 2.45) is 0 Å². The fraction of sp³-hybridized carbons (Fsp3) is 0.385. The lowest BCUT2D eigenvalue weighted by Crippen LogP contribution is -2.53. The van der Waals surface area contributed by atoms with Gasteiger partial charge in [0.2, 0.25) is 11.8 Å². The third-order valence-corrected chi connectivity index (χ3v) is 3.96. The summed E-state index contributed by atoms with van der Waals surface area (Å²) in [5.41, 5.74) is 0.438. The van der Waals surface area contributed by atoms with Crippen LogP contribution in [0.25, 0.3) is 0 Å². The molecule has 0 bridgehead atoms. The number of carbonyl (C=O) groups is 2. The molecule has 1 aromatic rings. The van der Waals surface area contributed by atoms with Gasteiger partial charge in [0.25, 0.3) is 0 Å². The summed E-state index contributed by atoms with van der Waals surface area (Å²) in [7, 11) is 0. The van der Waals surface area contributed by atoms with Crippen molar-refractivity contribution in [3.05, 3.63) is 29.3 Å². The van der Waals surface area contributed by atoms with Gasteiger partial charge in [0.05, 0.1) is 5.75 Å². The summed E-state index contributed by atoms with van der Waals surface area (Å²) in [5.74, 6) is 0.118. The average Bonchev–Trinajstić information content (AvgIpc) is 2.35. The Balaban J connectivity index is 1.79. The summed E-state index contributed by atoms with van der Waals surface area (Å²) in [6.07, 6.45) is 0.464. The molecule has 5 nitrogen and oxygen atoms in total. The minimum Gasteiger partial charge on any atom is -0.332 e. The van der Waals surface area contributed by atoms with Crippen molar-refractivity contribution in [1.82, 2.24) is 10.6 Å². The van der Waals surface area contributed by atoms with Crippen molar-refractivity contribution < 1.29 is 9.59 Å². The van der Waals surface area contributed by atoms with Gasteiger partial charge in [-0.2, -0.15) is 0 Å². The lowest BCUT2D eigenvalue weighted by atomic mass is 10.2. The van der Waals surface area contributed by atoms with Gasteiger partial charge in [-0.15, -0.1) is 11.8 Å². The molecule has 1 saturated heterocycles. The Labute approximate surface area is 126 Å². The van der Waals surface area contributed by atoms with Crippen LogP contribution in [0.1, 0.15) is 13.3 Å². The zero-order valence-corrected chi connectivity index (χ0v) is 12.6. The number of thioether (sulfide) groups is 1. The van der Waals surface area contributed by atoms with Crippen LogP contribution in [0.15, 0.2) is 24.3 Å². The highest BCUT2D eigenvalue weighted by atomic mass is 35.5. The van der Waals surface area contributed by atoms with Crippen LogP contribution in [0.3, 0.4) is 0 Å². The Bertz CT molecular complexity index is 512. The Morgan fingerprint density at radius 3 is 3.05 bits per heavy atom. The first-order valence-electron chi connectivity index (χ1n) is 6.25. The maximum Gasteiger partial charge on any atom is 0.234 e. The van der Waals surface area contributed by atoms with Gasteiger partial charge in [-0.3, -0.25) is 14.9 Å². The standard InChI is InChI=1S/C13H16ClN3O2S/c1-8-5-11(18)17-13(15-8)20-7-12(19)16-10-4-2-3-9(14)6-10/h2-4,6,8,13,15H,5,7H2,1H3,(H,16,19)(H,17,18). The van der Waals surface area contributed by atoms with Crippen LogP contribution in [0.4, 0.5) is 5.69 Å². The first-order chi connectivity index (χ1) is 9.52. The Morgan fingerprint density at radius 1 is 1.55 bits per heavy atom. The number of anilines is 1. The fourth-order valence-electron chi connectivity index (χ4n) is 1.85. The maximum absolute atomic E-state index is 11.8. The Morgan fingerprint density at radius 2 is 2.35 bits per heavy atom. The summed E-state index contributed by atoms with van der Waals surface area (Å²) in [6.45, 7) is 1.94. The van der Waals surface area contributed by atoms with E-state index in [9.17, 15) is 9.59 Å². The average molecular weight is 314 g/mol. The number of nitrogens with one attached hydrogen (secondary N) is 3. The SMILES string of the molecule is CC1CC(=O)NC(SCC(=O)Nc2cccc(Cl)c2)N1. The molecule has 2 rings (SSSR count). The first kappa shape index (κ1) is 15.2. The van der Waals surface area contributed by atoms with Crippen molar-refractivity contribution in [2.45, 2.75) is 24.9 Å². The van der Waals surface area contributed by atoms with Gasteiger partial charge in [0.1, 0.15) is 5.50 Å². The molecule has 108 valence electrons. The summed E-state index contributed by atoms with van der Waals surface area (Å²) in [4.78, 5) is 23.2. The van der Waals surface area contributed by atoms with Crippen LogP contribution in [0.5, 0.6) is 0 Å². The molecule has 20 heavy (non-hydrogen) atoms. The molecule has 1 fully saturated rings. The number of hydrogen-bond donors (Lipinski definition) is 3. The van der Waals surface area contributed by atoms with Crippen LogP contribution in [-0.4, -0.2) is 29.1 Å². The molecule has 0 radical (unpaired) electrons. The van der Waals surface area contributed by atoms with E-state index >= 15 is 0 Å². The van der Waals surface area contributed by atoms with Crippen molar-refractivity contribution in [1.29, 1.82) is 0 Å². The monoisotopic (exact) mass is 313 g/mol. The minimum absolute atomic E-state index is 0.00370. The Hall–Kier alpha value is -1.24. The van der Waals surface area contributed by atoms with Crippen molar-refractivity contribution in [3.8, 4) is 0 Å². The molecule has 0 saturated carbocycles. The topological polar surface area (TPSA) is 70.2 Å². The quantitative estimate of drug-likeness (QED) is 0.792. The third-order valence-electron chi connectivity index (χ3n) is 2.71. The zero-order chi connectivity index (χ0) is 14.5. The van der Waals surface area contributed by atoms with Gasteiger partial charge < -0.3 is 10.6 Å². The highest BCUT2D eigenvalue weighted by Crippen LogP contribution is 2.16. The van der Waals surface area contributed by atoms with E-state index in [2.05, 4.69) is 16.0 Å². The van der Waals surface area contributed by atoms with Crippen LogP contribution < -0.4 is 16.0 Å². The normalized spacial score (nSPS) is 22.2. The smallest absolute Gasteiger partial charge is 0.234 e. The van der Waals surface area contributed by atoms with Gasteiger partial charge >= 0.3 is 0 Å². The number of carbonyl (C=O) groups excluding carboxylic acids is 2. The lowest BCUT2D eigenvalue weighted by Gasteiger charge is -2.28. The summed E-state index contributed by atoms with van der Waals surface area (Å²) >= 11 is 7.19. The van der Waals surface area contributed by atoms with E-state index in [1.165, 1.54) is 11.8 Å². The van der Waals surface area contributed by atoms with Gasteiger partial charge in [-0.1, -0.05) is 17.7 Å². The number of hydrogen-bond acceptors (Lipinski definition) is 4.